The van der Waals surface area contributed by atoms with Crippen LogP contribution in [0.4, 0.5) is 0 Å². The lowest BCUT2D eigenvalue weighted by molar-refractivity contribution is -0.889. The molecular formula is C32H55NO6. The van der Waals surface area contributed by atoms with Gasteiger partial charge in [0, 0.05) is 12.8 Å². The molecule has 0 aromatic heterocycles. The summed E-state index contributed by atoms with van der Waals surface area (Å²) in [4.78, 5) is 23.1. The Morgan fingerprint density at radius 2 is 1.33 bits per heavy atom. The van der Waals surface area contributed by atoms with E-state index in [0.717, 1.165) is 51.4 Å². The van der Waals surface area contributed by atoms with Crippen molar-refractivity contribution >= 4 is 11.9 Å². The molecule has 0 aliphatic carbocycles. The zero-order valence-electron chi connectivity index (χ0n) is 25.0. The first-order valence-corrected chi connectivity index (χ1v) is 14.7. The van der Waals surface area contributed by atoms with E-state index in [1.807, 2.05) is 0 Å². The average molecular weight is 550 g/mol. The fourth-order valence-electron chi connectivity index (χ4n) is 3.88. The molecule has 0 aromatic rings. The molecule has 224 valence electrons. The Bertz CT molecular complexity index is 735. The van der Waals surface area contributed by atoms with Gasteiger partial charge in [-0.3, -0.25) is 4.79 Å². The highest BCUT2D eigenvalue weighted by Crippen LogP contribution is 2.10. The summed E-state index contributed by atoms with van der Waals surface area (Å²) in [5.41, 5.74) is 0. The molecule has 0 aromatic carbocycles. The van der Waals surface area contributed by atoms with Crippen molar-refractivity contribution in [2.45, 2.75) is 103 Å². The minimum Gasteiger partial charge on any atom is -0.544 e. The van der Waals surface area contributed by atoms with Crippen LogP contribution in [0.3, 0.4) is 0 Å². The Hall–Kier alpha value is -2.22. The molecule has 2 atom stereocenters. The zero-order chi connectivity index (χ0) is 29.2. The summed E-state index contributed by atoms with van der Waals surface area (Å²) in [6, 6.07) is -0.689. The first-order valence-electron chi connectivity index (χ1n) is 14.7. The van der Waals surface area contributed by atoms with Crippen LogP contribution in [0, 0.1) is 0 Å². The summed E-state index contributed by atoms with van der Waals surface area (Å²) >= 11 is 0. The number of rotatable bonds is 25. The number of carboxylic acids is 1. The number of ether oxygens (including phenoxy) is 2. The maximum absolute atomic E-state index is 11.9. The van der Waals surface area contributed by atoms with Gasteiger partial charge in [-0.2, -0.15) is 0 Å². The van der Waals surface area contributed by atoms with Gasteiger partial charge in [-0.15, -0.1) is 0 Å². The molecular weight excluding hydrogens is 494 g/mol. The molecule has 0 bridgehead atoms. The Morgan fingerprint density at radius 1 is 0.795 bits per heavy atom. The van der Waals surface area contributed by atoms with E-state index in [1.165, 1.54) is 19.3 Å². The Labute approximate surface area is 237 Å². The van der Waals surface area contributed by atoms with Crippen molar-refractivity contribution in [1.29, 1.82) is 0 Å². The van der Waals surface area contributed by atoms with E-state index < -0.39 is 18.1 Å². The number of hydrogen-bond donors (Lipinski definition) is 1. The van der Waals surface area contributed by atoms with Gasteiger partial charge >= 0.3 is 5.97 Å². The molecule has 7 nitrogen and oxygen atoms in total. The molecule has 0 amide bonds. The highest BCUT2D eigenvalue weighted by molar-refractivity contribution is 5.69. The number of aliphatic hydroxyl groups excluding tert-OH is 1. The van der Waals surface area contributed by atoms with Crippen molar-refractivity contribution in [2.75, 3.05) is 41.0 Å². The van der Waals surface area contributed by atoms with Crippen LogP contribution in [0.5, 0.6) is 0 Å². The molecule has 0 radical (unpaired) electrons. The van der Waals surface area contributed by atoms with E-state index in [-0.39, 0.29) is 36.7 Å². The number of quaternary nitrogens is 1. The number of aliphatic carboxylic acids is 1. The topological polar surface area (TPSA) is 95.9 Å². The quantitative estimate of drug-likeness (QED) is 0.0741. The Kier molecular flexibility index (Phi) is 23.4. The summed E-state index contributed by atoms with van der Waals surface area (Å²) in [6.45, 7) is 2.21. The molecule has 0 spiro atoms. The SMILES string of the molecule is CC/C=C\C/C=C\C/C=C\C/C=C\CCCCCCCCC(=O)OCC(O)COCCC(C(=O)[O-])[N+](C)(C)C. The molecule has 2 unspecified atom stereocenters. The van der Waals surface area contributed by atoms with E-state index in [0.29, 0.717) is 6.42 Å². The van der Waals surface area contributed by atoms with Gasteiger partial charge in [0.1, 0.15) is 18.8 Å². The largest absolute Gasteiger partial charge is 0.544 e. The highest BCUT2D eigenvalue weighted by Gasteiger charge is 2.24. The van der Waals surface area contributed by atoms with Gasteiger partial charge in [-0.1, -0.05) is 81.2 Å². The maximum Gasteiger partial charge on any atom is 0.305 e. The first kappa shape index (κ1) is 36.8. The van der Waals surface area contributed by atoms with Crippen LogP contribution in [0.25, 0.3) is 0 Å². The molecule has 7 heteroatoms. The molecule has 0 aliphatic rings. The van der Waals surface area contributed by atoms with Crippen molar-refractivity contribution in [1.82, 2.24) is 0 Å². The standard InChI is InChI=1S/C32H55NO6/c1-5-6-7-8-9-10-11-12-13-14-15-16-17-18-19-20-21-22-23-24-31(35)39-28-29(34)27-38-26-25-30(32(36)37)33(2,3)4/h6-7,9-10,12-13,15-16,29-30,34H,5,8,11,14,17-28H2,1-4H3/b7-6-,10-9-,13-12-,16-15-. The third-order valence-electron chi connectivity index (χ3n) is 6.21. The second kappa shape index (κ2) is 24.8. The van der Waals surface area contributed by atoms with Crippen LogP contribution in [-0.2, 0) is 19.1 Å². The minimum absolute atomic E-state index is 0.00883. The molecule has 0 saturated carbocycles. The van der Waals surface area contributed by atoms with Crippen molar-refractivity contribution in [2.24, 2.45) is 0 Å². The predicted octanol–water partition coefficient (Wildman–Crippen LogP) is 5.05. The van der Waals surface area contributed by atoms with E-state index in [4.69, 9.17) is 9.47 Å². The van der Waals surface area contributed by atoms with E-state index in [2.05, 4.69) is 55.5 Å². The van der Waals surface area contributed by atoms with Gasteiger partial charge in [-0.25, -0.2) is 0 Å². The molecule has 0 saturated heterocycles. The van der Waals surface area contributed by atoms with Crippen molar-refractivity contribution in [3.63, 3.8) is 0 Å². The number of carboxylic acid groups (broad SMARTS) is 1. The Balaban J connectivity index is 3.60. The van der Waals surface area contributed by atoms with Crippen molar-refractivity contribution in [3.8, 4) is 0 Å². The number of esters is 1. The van der Waals surface area contributed by atoms with Crippen LogP contribution in [0.1, 0.15) is 90.4 Å². The summed E-state index contributed by atoms with van der Waals surface area (Å²) in [5.74, 6) is -1.43. The lowest BCUT2D eigenvalue weighted by Gasteiger charge is -2.34. The van der Waals surface area contributed by atoms with Crippen molar-refractivity contribution in [3.05, 3.63) is 48.6 Å². The monoisotopic (exact) mass is 549 g/mol. The molecule has 0 aliphatic heterocycles. The fourth-order valence-corrected chi connectivity index (χ4v) is 3.88. The molecule has 0 heterocycles. The number of carbonyl (C=O) groups is 2. The lowest BCUT2D eigenvalue weighted by atomic mass is 10.1. The summed E-state index contributed by atoms with van der Waals surface area (Å²) in [6.07, 6.45) is 29.1. The smallest absolute Gasteiger partial charge is 0.305 e. The van der Waals surface area contributed by atoms with Gasteiger partial charge in [0.15, 0.2) is 0 Å². The second-order valence-electron chi connectivity index (χ2n) is 10.8. The van der Waals surface area contributed by atoms with Crippen LogP contribution >= 0.6 is 0 Å². The van der Waals surface area contributed by atoms with Crippen molar-refractivity contribution < 1.29 is 33.8 Å². The van der Waals surface area contributed by atoms with Crippen LogP contribution in [0.15, 0.2) is 48.6 Å². The second-order valence-corrected chi connectivity index (χ2v) is 10.8. The van der Waals surface area contributed by atoms with Crippen LogP contribution in [0.2, 0.25) is 0 Å². The first-order chi connectivity index (χ1) is 18.7. The molecule has 1 N–H and O–H groups in total. The van der Waals surface area contributed by atoms with Crippen LogP contribution < -0.4 is 5.11 Å². The summed E-state index contributed by atoms with van der Waals surface area (Å²) in [5, 5.41) is 21.1. The van der Waals surface area contributed by atoms with E-state index in [9.17, 15) is 19.8 Å². The third kappa shape index (κ3) is 24.6. The number of nitrogens with zero attached hydrogens (tertiary/aromatic N) is 1. The maximum atomic E-state index is 11.9. The average Bonchev–Trinajstić information content (AvgIpc) is 2.87. The summed E-state index contributed by atoms with van der Waals surface area (Å²) in [7, 11) is 5.34. The normalized spacial score (nSPS) is 14.2. The van der Waals surface area contributed by atoms with Gasteiger partial charge in [0.2, 0.25) is 0 Å². The number of likely N-dealkylation sites (N-methyl/N-ethyl adjacent to an activating group) is 1. The number of allylic oxidation sites excluding steroid dienone is 8. The number of aliphatic hydroxyl groups is 1. The van der Waals surface area contributed by atoms with E-state index >= 15 is 0 Å². The molecule has 0 fully saturated rings. The van der Waals surface area contributed by atoms with Gasteiger partial charge in [-0.05, 0) is 44.9 Å². The number of hydrogen-bond acceptors (Lipinski definition) is 6. The van der Waals surface area contributed by atoms with Gasteiger partial charge in [0.05, 0.1) is 40.3 Å². The zero-order valence-corrected chi connectivity index (χ0v) is 25.0. The molecule has 0 rings (SSSR count). The van der Waals surface area contributed by atoms with Gasteiger partial charge < -0.3 is 29.0 Å². The fraction of sp³-hybridized carbons (Fsp3) is 0.688. The summed E-state index contributed by atoms with van der Waals surface area (Å²) < 4.78 is 10.7. The number of carbonyl (C=O) groups excluding carboxylic acids is 2. The lowest BCUT2D eigenvalue weighted by Crippen LogP contribution is -2.55. The van der Waals surface area contributed by atoms with Gasteiger partial charge in [0.25, 0.3) is 0 Å². The Morgan fingerprint density at radius 3 is 1.90 bits per heavy atom. The number of unbranched alkanes of at least 4 members (excludes halogenated alkanes) is 6. The van der Waals surface area contributed by atoms with Crippen LogP contribution in [-0.4, -0.2) is 74.6 Å². The highest BCUT2D eigenvalue weighted by atomic mass is 16.5. The van der Waals surface area contributed by atoms with E-state index in [1.54, 1.807) is 21.1 Å². The minimum atomic E-state index is -1.12. The third-order valence-corrected chi connectivity index (χ3v) is 6.21. The molecule has 39 heavy (non-hydrogen) atoms. The predicted molar refractivity (Wildman–Crippen MR) is 157 cm³/mol.